The van der Waals surface area contributed by atoms with Gasteiger partial charge in [0.1, 0.15) is 11.6 Å². The van der Waals surface area contributed by atoms with E-state index in [1.807, 2.05) is 12.1 Å². The molecule has 0 atom stereocenters. The molecule has 1 saturated carbocycles. The quantitative estimate of drug-likeness (QED) is 0.443. The summed E-state index contributed by atoms with van der Waals surface area (Å²) in [7, 11) is 2.19. The number of hydrogen-bond acceptors (Lipinski definition) is 4. The predicted molar refractivity (Wildman–Crippen MR) is 127 cm³/mol. The molecule has 0 aliphatic heterocycles. The standard InChI is InChI=1S/C27H31F2N3O2/c1-32(22-9-3-2-4-10-22)18-20-8-6-5-7-19(20)16-30-26(33)13-14-27-31-17-25(34-27)23-12-11-21(28)15-24(23)29/h5-8,11-12,15,17,22H,2-4,9-10,13-14,16,18H2,1H3,(H,30,33). The lowest BCUT2D eigenvalue weighted by Crippen LogP contribution is -2.33. The van der Waals surface area contributed by atoms with E-state index in [0.717, 1.165) is 18.2 Å². The summed E-state index contributed by atoms with van der Waals surface area (Å²) in [6, 6.07) is 12.1. The number of amides is 1. The van der Waals surface area contributed by atoms with E-state index >= 15 is 0 Å². The van der Waals surface area contributed by atoms with Crippen LogP contribution in [-0.4, -0.2) is 28.9 Å². The van der Waals surface area contributed by atoms with Crippen LogP contribution in [0.2, 0.25) is 0 Å². The molecule has 1 aliphatic carbocycles. The number of oxazole rings is 1. The lowest BCUT2D eigenvalue weighted by Gasteiger charge is -2.31. The fourth-order valence-corrected chi connectivity index (χ4v) is 4.55. The van der Waals surface area contributed by atoms with Crippen molar-refractivity contribution in [3.63, 3.8) is 0 Å². The lowest BCUT2D eigenvalue weighted by molar-refractivity contribution is -0.121. The normalized spacial score (nSPS) is 14.5. The highest BCUT2D eigenvalue weighted by molar-refractivity contribution is 5.76. The van der Waals surface area contributed by atoms with E-state index in [1.165, 1.54) is 56.0 Å². The summed E-state index contributed by atoms with van der Waals surface area (Å²) in [6.07, 6.45) is 8.34. The minimum atomic E-state index is -0.715. The van der Waals surface area contributed by atoms with Crippen molar-refractivity contribution in [2.75, 3.05) is 7.05 Å². The number of nitrogens with one attached hydrogen (secondary N) is 1. The molecule has 0 unspecified atom stereocenters. The average Bonchev–Trinajstić information content (AvgIpc) is 3.31. The zero-order valence-electron chi connectivity index (χ0n) is 19.5. The Labute approximate surface area is 199 Å². The van der Waals surface area contributed by atoms with Gasteiger partial charge in [-0.3, -0.25) is 9.69 Å². The Morgan fingerprint density at radius 3 is 2.65 bits per heavy atom. The summed E-state index contributed by atoms with van der Waals surface area (Å²) >= 11 is 0. The smallest absolute Gasteiger partial charge is 0.220 e. The molecular formula is C27H31F2N3O2. The van der Waals surface area contributed by atoms with Crippen molar-refractivity contribution >= 4 is 5.91 Å². The van der Waals surface area contributed by atoms with E-state index in [1.54, 1.807) is 0 Å². The average molecular weight is 468 g/mol. The molecule has 1 aromatic heterocycles. The second-order valence-corrected chi connectivity index (χ2v) is 8.99. The SMILES string of the molecule is CN(Cc1ccccc1CNC(=O)CCc1ncc(-c2ccc(F)cc2F)o1)C1CCCCC1. The molecule has 1 heterocycles. The van der Waals surface area contributed by atoms with Gasteiger partial charge in [0, 0.05) is 38.0 Å². The van der Waals surface area contributed by atoms with Crippen molar-refractivity contribution in [3.05, 3.63) is 77.3 Å². The topological polar surface area (TPSA) is 58.4 Å². The summed E-state index contributed by atoms with van der Waals surface area (Å²) < 4.78 is 32.6. The number of halogens is 2. The van der Waals surface area contributed by atoms with Crippen LogP contribution >= 0.6 is 0 Å². The van der Waals surface area contributed by atoms with Crippen LogP contribution in [0, 0.1) is 11.6 Å². The summed E-state index contributed by atoms with van der Waals surface area (Å²) in [6.45, 7) is 1.33. The number of aromatic nitrogens is 1. The Hall–Kier alpha value is -3.06. The number of carbonyl (C=O) groups is 1. The largest absolute Gasteiger partial charge is 0.441 e. The van der Waals surface area contributed by atoms with Crippen molar-refractivity contribution in [2.45, 2.75) is 64.1 Å². The van der Waals surface area contributed by atoms with Crippen LogP contribution in [-0.2, 0) is 24.3 Å². The van der Waals surface area contributed by atoms with Crippen molar-refractivity contribution in [1.82, 2.24) is 15.2 Å². The fraction of sp³-hybridized carbons (Fsp3) is 0.407. The van der Waals surface area contributed by atoms with Crippen LogP contribution in [0.15, 0.2) is 53.1 Å². The minimum absolute atomic E-state index is 0.108. The molecule has 2 aromatic carbocycles. The second-order valence-electron chi connectivity index (χ2n) is 8.99. The fourth-order valence-electron chi connectivity index (χ4n) is 4.55. The molecule has 7 heteroatoms. The summed E-state index contributed by atoms with van der Waals surface area (Å²) in [5.41, 5.74) is 2.48. The van der Waals surface area contributed by atoms with Crippen LogP contribution in [0.4, 0.5) is 8.78 Å². The Morgan fingerprint density at radius 1 is 1.12 bits per heavy atom. The maximum atomic E-state index is 13.9. The third kappa shape index (κ3) is 6.29. The first-order valence-corrected chi connectivity index (χ1v) is 11.9. The highest BCUT2D eigenvalue weighted by atomic mass is 19.1. The Balaban J connectivity index is 1.28. The van der Waals surface area contributed by atoms with Gasteiger partial charge in [0.15, 0.2) is 11.7 Å². The Bertz CT molecular complexity index is 1110. The maximum absolute atomic E-state index is 13.9. The van der Waals surface area contributed by atoms with Gasteiger partial charge < -0.3 is 9.73 Å². The number of carbonyl (C=O) groups excluding carboxylic acids is 1. The van der Waals surface area contributed by atoms with E-state index in [-0.39, 0.29) is 23.7 Å². The van der Waals surface area contributed by atoms with Crippen molar-refractivity contribution < 1.29 is 18.0 Å². The van der Waals surface area contributed by atoms with Gasteiger partial charge in [-0.2, -0.15) is 0 Å². The number of hydrogen-bond donors (Lipinski definition) is 1. The van der Waals surface area contributed by atoms with Crippen molar-refractivity contribution in [2.24, 2.45) is 0 Å². The molecule has 5 nitrogen and oxygen atoms in total. The molecule has 1 fully saturated rings. The molecule has 4 rings (SSSR count). The first-order chi connectivity index (χ1) is 16.5. The van der Waals surface area contributed by atoms with E-state index in [0.29, 0.717) is 24.9 Å². The monoisotopic (exact) mass is 467 g/mol. The molecule has 180 valence electrons. The molecule has 0 saturated heterocycles. The number of rotatable bonds is 9. The number of aryl methyl sites for hydroxylation is 1. The molecular weight excluding hydrogens is 436 g/mol. The molecule has 0 radical (unpaired) electrons. The molecule has 0 spiro atoms. The van der Waals surface area contributed by atoms with E-state index in [2.05, 4.69) is 34.4 Å². The van der Waals surface area contributed by atoms with E-state index in [4.69, 9.17) is 4.42 Å². The highest BCUT2D eigenvalue weighted by Gasteiger charge is 2.19. The van der Waals surface area contributed by atoms with Gasteiger partial charge in [-0.25, -0.2) is 13.8 Å². The Morgan fingerprint density at radius 2 is 1.88 bits per heavy atom. The van der Waals surface area contributed by atoms with Crippen LogP contribution in [0.3, 0.4) is 0 Å². The third-order valence-electron chi connectivity index (χ3n) is 6.53. The van der Waals surface area contributed by atoms with Crippen LogP contribution in [0.1, 0.15) is 55.5 Å². The molecule has 1 aliphatic rings. The van der Waals surface area contributed by atoms with Crippen molar-refractivity contribution in [3.8, 4) is 11.3 Å². The van der Waals surface area contributed by atoms with Crippen LogP contribution in [0.25, 0.3) is 11.3 Å². The van der Waals surface area contributed by atoms with Gasteiger partial charge in [-0.15, -0.1) is 0 Å². The van der Waals surface area contributed by atoms with Crippen LogP contribution < -0.4 is 5.32 Å². The number of benzene rings is 2. The minimum Gasteiger partial charge on any atom is -0.441 e. The van der Waals surface area contributed by atoms with Gasteiger partial charge in [0.25, 0.3) is 0 Å². The van der Waals surface area contributed by atoms with Gasteiger partial charge in [-0.1, -0.05) is 43.5 Å². The van der Waals surface area contributed by atoms with Crippen LogP contribution in [0.5, 0.6) is 0 Å². The van der Waals surface area contributed by atoms with E-state index in [9.17, 15) is 13.6 Å². The molecule has 34 heavy (non-hydrogen) atoms. The van der Waals surface area contributed by atoms with Gasteiger partial charge in [0.05, 0.1) is 11.8 Å². The predicted octanol–water partition coefficient (Wildman–Crippen LogP) is 5.63. The maximum Gasteiger partial charge on any atom is 0.220 e. The van der Waals surface area contributed by atoms with Gasteiger partial charge in [-0.05, 0) is 43.1 Å². The number of nitrogens with zero attached hydrogens (tertiary/aromatic N) is 2. The van der Waals surface area contributed by atoms with Crippen molar-refractivity contribution in [1.29, 1.82) is 0 Å². The summed E-state index contributed by atoms with van der Waals surface area (Å²) in [5, 5.41) is 2.99. The molecule has 1 N–H and O–H groups in total. The highest BCUT2D eigenvalue weighted by Crippen LogP contribution is 2.25. The lowest BCUT2D eigenvalue weighted by atomic mass is 9.94. The summed E-state index contributed by atoms with van der Waals surface area (Å²) in [4.78, 5) is 19.0. The zero-order valence-corrected chi connectivity index (χ0v) is 19.5. The Kier molecular flexibility index (Phi) is 8.06. The second kappa shape index (κ2) is 11.4. The van der Waals surface area contributed by atoms with Gasteiger partial charge in [0.2, 0.25) is 5.91 Å². The molecule has 0 bridgehead atoms. The molecule has 1 amide bonds. The third-order valence-corrected chi connectivity index (χ3v) is 6.53. The first-order valence-electron chi connectivity index (χ1n) is 11.9. The van der Waals surface area contributed by atoms with E-state index < -0.39 is 11.6 Å². The molecule has 3 aromatic rings. The zero-order chi connectivity index (χ0) is 23.9. The van der Waals surface area contributed by atoms with Gasteiger partial charge >= 0.3 is 0 Å². The summed E-state index contributed by atoms with van der Waals surface area (Å²) in [5.74, 6) is -0.927. The first kappa shape index (κ1) is 24.1.